The van der Waals surface area contributed by atoms with Crippen molar-refractivity contribution in [2.24, 2.45) is 0 Å². The van der Waals surface area contributed by atoms with Gasteiger partial charge in [-0.3, -0.25) is 0 Å². The van der Waals surface area contributed by atoms with Gasteiger partial charge >= 0.3 is 0 Å². The van der Waals surface area contributed by atoms with Gasteiger partial charge in [-0.2, -0.15) is 0 Å². The number of benzene rings is 8. The first-order valence-corrected chi connectivity index (χ1v) is 18.5. The monoisotopic (exact) mass is 676 g/mol. The number of aromatic amines is 2. The average molecular weight is 677 g/mol. The molecule has 0 saturated carbocycles. The van der Waals surface area contributed by atoms with E-state index in [2.05, 4.69) is 194 Å². The van der Waals surface area contributed by atoms with Crippen molar-refractivity contribution in [1.82, 2.24) is 9.97 Å². The van der Waals surface area contributed by atoms with Gasteiger partial charge in [-0.15, -0.1) is 0 Å². The number of fused-ring (bicyclic) bond motifs is 9. The topological polar surface area (TPSA) is 31.6 Å². The Morgan fingerprint density at radius 2 is 0.736 bits per heavy atom. The summed E-state index contributed by atoms with van der Waals surface area (Å²) in [4.78, 5) is 7.49. The molecule has 250 valence electrons. The molecule has 0 fully saturated rings. The van der Waals surface area contributed by atoms with Crippen LogP contribution in [0.3, 0.4) is 0 Å². The van der Waals surface area contributed by atoms with Crippen LogP contribution < -0.4 is 0 Å². The number of aryl methyl sites for hydroxylation is 2. The maximum Gasteiger partial charge on any atom is 0.0713 e. The standard InChI is InChI=1S/C51H36N2/c1-31-29-33(25-27-35(31)41-17-11-19-43-39-15-5-9-23-47(39)52-49(41)43)51(45-21-7-3-13-37(45)38-14-4-8-22-46(38)51)34-26-28-36(32(2)30-34)42-18-12-20-44-40-16-6-10-24-48(40)53-50(42)44/h3-30,52-53H,1-2H3. The quantitative estimate of drug-likeness (QED) is 0.186. The lowest BCUT2D eigenvalue weighted by atomic mass is 9.66. The predicted molar refractivity (Wildman–Crippen MR) is 223 cm³/mol. The highest BCUT2D eigenvalue weighted by Gasteiger charge is 2.46. The van der Waals surface area contributed by atoms with Crippen LogP contribution in [-0.2, 0) is 5.41 Å². The van der Waals surface area contributed by atoms with E-state index in [0.717, 1.165) is 0 Å². The maximum absolute atomic E-state index is 3.74. The van der Waals surface area contributed by atoms with Crippen LogP contribution in [0.5, 0.6) is 0 Å². The summed E-state index contributed by atoms with van der Waals surface area (Å²) < 4.78 is 0. The summed E-state index contributed by atoms with van der Waals surface area (Å²) in [6, 6.07) is 63.0. The number of para-hydroxylation sites is 4. The summed E-state index contributed by atoms with van der Waals surface area (Å²) in [5, 5.41) is 5.04. The zero-order chi connectivity index (χ0) is 35.3. The Balaban J connectivity index is 1.13. The second-order valence-electron chi connectivity index (χ2n) is 14.7. The maximum atomic E-state index is 3.74. The Hall–Kier alpha value is -6.64. The van der Waals surface area contributed by atoms with Crippen LogP contribution in [0.25, 0.3) is 77.0 Å². The van der Waals surface area contributed by atoms with E-state index >= 15 is 0 Å². The fraction of sp³-hybridized carbons (Fsp3) is 0.0588. The van der Waals surface area contributed by atoms with Crippen LogP contribution in [-0.4, -0.2) is 9.97 Å². The van der Waals surface area contributed by atoms with Crippen LogP contribution in [0, 0.1) is 13.8 Å². The number of aromatic nitrogens is 2. The number of hydrogen-bond donors (Lipinski definition) is 2. The van der Waals surface area contributed by atoms with Crippen molar-refractivity contribution >= 4 is 43.6 Å². The molecular weight excluding hydrogens is 641 g/mol. The fourth-order valence-corrected chi connectivity index (χ4v) is 9.62. The molecule has 0 unspecified atom stereocenters. The van der Waals surface area contributed by atoms with E-state index in [-0.39, 0.29) is 0 Å². The summed E-state index contributed by atoms with van der Waals surface area (Å²) in [6.45, 7) is 4.55. The molecule has 8 aromatic carbocycles. The highest BCUT2D eigenvalue weighted by atomic mass is 14.7. The third-order valence-electron chi connectivity index (χ3n) is 11.9. The van der Waals surface area contributed by atoms with E-state index < -0.39 is 5.41 Å². The van der Waals surface area contributed by atoms with E-state index in [0.29, 0.717) is 0 Å². The van der Waals surface area contributed by atoms with Crippen molar-refractivity contribution in [3.63, 3.8) is 0 Å². The highest BCUT2D eigenvalue weighted by Crippen LogP contribution is 2.57. The molecule has 1 aliphatic rings. The Morgan fingerprint density at radius 3 is 1.21 bits per heavy atom. The van der Waals surface area contributed by atoms with Gasteiger partial charge in [0.15, 0.2) is 0 Å². The van der Waals surface area contributed by atoms with E-state index in [1.807, 2.05) is 0 Å². The van der Waals surface area contributed by atoms with E-state index in [4.69, 9.17) is 0 Å². The van der Waals surface area contributed by atoms with Crippen molar-refractivity contribution in [2.45, 2.75) is 19.3 Å². The van der Waals surface area contributed by atoms with Gasteiger partial charge in [0, 0.05) is 43.7 Å². The number of hydrogen-bond acceptors (Lipinski definition) is 0. The molecule has 2 N–H and O–H groups in total. The second-order valence-corrected chi connectivity index (χ2v) is 14.7. The molecule has 0 amide bonds. The van der Waals surface area contributed by atoms with Gasteiger partial charge in [0.2, 0.25) is 0 Å². The molecular formula is C51H36N2. The van der Waals surface area contributed by atoms with Gasteiger partial charge in [-0.25, -0.2) is 0 Å². The van der Waals surface area contributed by atoms with Crippen LogP contribution in [0.15, 0.2) is 170 Å². The van der Waals surface area contributed by atoms with Crippen LogP contribution in [0.1, 0.15) is 33.4 Å². The Labute approximate surface area is 308 Å². The van der Waals surface area contributed by atoms with Crippen molar-refractivity contribution < 1.29 is 0 Å². The normalized spacial score (nSPS) is 13.2. The Kier molecular flexibility index (Phi) is 6.33. The predicted octanol–water partition coefficient (Wildman–Crippen LogP) is 13.3. The zero-order valence-corrected chi connectivity index (χ0v) is 29.7. The molecule has 1 aliphatic carbocycles. The third-order valence-corrected chi connectivity index (χ3v) is 11.9. The highest BCUT2D eigenvalue weighted by molar-refractivity contribution is 6.13. The van der Waals surface area contributed by atoms with Gasteiger partial charge in [0.25, 0.3) is 0 Å². The molecule has 0 spiro atoms. The van der Waals surface area contributed by atoms with Gasteiger partial charge in [0.1, 0.15) is 0 Å². The van der Waals surface area contributed by atoms with Crippen LogP contribution in [0.2, 0.25) is 0 Å². The summed E-state index contributed by atoms with van der Waals surface area (Å²) in [7, 11) is 0. The molecule has 53 heavy (non-hydrogen) atoms. The largest absolute Gasteiger partial charge is 0.354 e. The first-order chi connectivity index (χ1) is 26.1. The number of nitrogens with one attached hydrogen (secondary N) is 2. The van der Waals surface area contributed by atoms with E-state index in [1.165, 1.54) is 110 Å². The molecule has 0 aliphatic heterocycles. The molecule has 10 aromatic rings. The molecule has 2 nitrogen and oxygen atoms in total. The van der Waals surface area contributed by atoms with Crippen molar-refractivity contribution in [3.05, 3.63) is 203 Å². The fourth-order valence-electron chi connectivity index (χ4n) is 9.62. The lowest BCUT2D eigenvalue weighted by Gasteiger charge is -2.35. The molecule has 0 saturated heterocycles. The number of rotatable bonds is 4. The summed E-state index contributed by atoms with van der Waals surface area (Å²) in [5.74, 6) is 0. The SMILES string of the molecule is Cc1cc(C2(c3ccc(-c4cccc5c4[nH]c4ccccc45)c(C)c3)c3ccccc3-c3ccccc32)ccc1-c1cccc2c1[nH]c1ccccc12. The van der Waals surface area contributed by atoms with Crippen molar-refractivity contribution in [1.29, 1.82) is 0 Å². The Bertz CT molecular complexity index is 2890. The van der Waals surface area contributed by atoms with Gasteiger partial charge in [0.05, 0.1) is 16.4 Å². The molecule has 0 bridgehead atoms. The van der Waals surface area contributed by atoms with Crippen LogP contribution >= 0.6 is 0 Å². The zero-order valence-electron chi connectivity index (χ0n) is 29.7. The molecule has 0 radical (unpaired) electrons. The van der Waals surface area contributed by atoms with Crippen molar-refractivity contribution in [2.75, 3.05) is 0 Å². The molecule has 2 aromatic heterocycles. The van der Waals surface area contributed by atoms with Crippen molar-refractivity contribution in [3.8, 4) is 33.4 Å². The first-order valence-electron chi connectivity index (χ1n) is 18.5. The van der Waals surface area contributed by atoms with E-state index in [9.17, 15) is 0 Å². The average Bonchev–Trinajstić information content (AvgIpc) is 3.87. The van der Waals surface area contributed by atoms with Gasteiger partial charge < -0.3 is 9.97 Å². The first kappa shape index (κ1) is 30.0. The smallest absolute Gasteiger partial charge is 0.0713 e. The second kappa shape index (κ2) is 11.2. The Morgan fingerprint density at radius 1 is 0.340 bits per heavy atom. The van der Waals surface area contributed by atoms with E-state index in [1.54, 1.807) is 0 Å². The summed E-state index contributed by atoms with van der Waals surface area (Å²) in [5.41, 5.74) is 19.5. The number of H-pyrrole nitrogens is 2. The minimum atomic E-state index is -0.486. The van der Waals surface area contributed by atoms with Gasteiger partial charge in [-0.05, 0) is 81.6 Å². The van der Waals surface area contributed by atoms with Gasteiger partial charge in [-0.1, -0.05) is 158 Å². The molecule has 0 atom stereocenters. The summed E-state index contributed by atoms with van der Waals surface area (Å²) in [6.07, 6.45) is 0. The lowest BCUT2D eigenvalue weighted by Crippen LogP contribution is -2.29. The third kappa shape index (κ3) is 4.15. The van der Waals surface area contributed by atoms with Crippen LogP contribution in [0.4, 0.5) is 0 Å². The molecule has 2 heterocycles. The lowest BCUT2D eigenvalue weighted by molar-refractivity contribution is 0.766. The minimum Gasteiger partial charge on any atom is -0.354 e. The molecule has 11 rings (SSSR count). The molecule has 2 heteroatoms. The minimum absolute atomic E-state index is 0.486. The summed E-state index contributed by atoms with van der Waals surface area (Å²) >= 11 is 0.